The molecule has 128 valence electrons. The number of hydrogen-bond acceptors (Lipinski definition) is 5. The Kier molecular flexibility index (Phi) is 4.69. The van der Waals surface area contributed by atoms with Gasteiger partial charge >= 0.3 is 0 Å². The predicted molar refractivity (Wildman–Crippen MR) is 91.5 cm³/mol. The molecule has 0 radical (unpaired) electrons. The highest BCUT2D eigenvalue weighted by Gasteiger charge is 2.24. The van der Waals surface area contributed by atoms with Crippen LogP contribution in [-0.2, 0) is 7.05 Å². The number of aromatic nitrogens is 3. The maximum absolute atomic E-state index is 12.7. The average Bonchev–Trinajstić information content (AvgIpc) is 2.94. The fraction of sp³-hybridized carbons (Fsp3) is 0.471. The van der Waals surface area contributed by atoms with Gasteiger partial charge in [-0.1, -0.05) is 6.07 Å². The summed E-state index contributed by atoms with van der Waals surface area (Å²) >= 11 is 0. The number of hydrogen-bond donors (Lipinski definition) is 0. The van der Waals surface area contributed by atoms with Gasteiger partial charge in [-0.05, 0) is 32.0 Å². The van der Waals surface area contributed by atoms with E-state index < -0.39 is 0 Å². The van der Waals surface area contributed by atoms with Gasteiger partial charge in [-0.2, -0.15) is 0 Å². The first-order valence-corrected chi connectivity index (χ1v) is 8.23. The molecule has 0 atom stereocenters. The van der Waals surface area contributed by atoms with E-state index in [0.717, 1.165) is 30.6 Å². The summed E-state index contributed by atoms with van der Waals surface area (Å²) in [5.41, 5.74) is 0.670. The molecular weight excluding hydrogens is 306 g/mol. The summed E-state index contributed by atoms with van der Waals surface area (Å²) in [6.45, 7) is 7.30. The van der Waals surface area contributed by atoms with Crippen LogP contribution in [0.25, 0.3) is 0 Å². The number of carbonyl (C=O) groups excluding carboxylic acids is 1. The summed E-state index contributed by atoms with van der Waals surface area (Å²) in [5, 5.41) is 8.32. The van der Waals surface area contributed by atoms with Crippen molar-refractivity contribution in [2.45, 2.75) is 13.8 Å². The smallest absolute Gasteiger partial charge is 0.254 e. The Morgan fingerprint density at radius 1 is 1.21 bits per heavy atom. The highest BCUT2D eigenvalue weighted by molar-refractivity contribution is 5.94. The minimum atomic E-state index is 0.0466. The Morgan fingerprint density at radius 2 is 1.96 bits per heavy atom. The second-order valence-electron chi connectivity index (χ2n) is 5.85. The molecule has 0 N–H and O–H groups in total. The molecule has 1 aliphatic heterocycles. The third kappa shape index (κ3) is 3.20. The maximum atomic E-state index is 12.7. The van der Waals surface area contributed by atoms with Crippen LogP contribution in [0, 0.1) is 6.92 Å². The van der Waals surface area contributed by atoms with Crippen LogP contribution in [0.5, 0.6) is 5.75 Å². The lowest BCUT2D eigenvalue weighted by Gasteiger charge is -2.35. The zero-order valence-electron chi connectivity index (χ0n) is 14.4. The fourth-order valence-electron chi connectivity index (χ4n) is 2.85. The summed E-state index contributed by atoms with van der Waals surface area (Å²) in [6.07, 6.45) is 0. The number of piperazine rings is 1. The lowest BCUT2D eigenvalue weighted by molar-refractivity contribution is 0.0745. The molecule has 0 saturated carbocycles. The van der Waals surface area contributed by atoms with Crippen molar-refractivity contribution in [1.82, 2.24) is 19.7 Å². The Morgan fingerprint density at radius 3 is 2.58 bits per heavy atom. The number of ether oxygens (including phenoxy) is 1. The normalized spacial score (nSPS) is 14.8. The first kappa shape index (κ1) is 16.3. The quantitative estimate of drug-likeness (QED) is 0.850. The molecule has 7 heteroatoms. The van der Waals surface area contributed by atoms with Crippen LogP contribution in [-0.4, -0.2) is 58.4 Å². The van der Waals surface area contributed by atoms with Crippen LogP contribution in [0.2, 0.25) is 0 Å². The van der Waals surface area contributed by atoms with E-state index in [1.54, 1.807) is 0 Å². The maximum Gasteiger partial charge on any atom is 0.254 e. The molecule has 24 heavy (non-hydrogen) atoms. The molecular formula is C17H23N5O2. The molecule has 2 aromatic rings. The fourth-order valence-corrected chi connectivity index (χ4v) is 2.85. The molecule has 0 unspecified atom stereocenters. The van der Waals surface area contributed by atoms with Gasteiger partial charge < -0.3 is 19.1 Å². The second kappa shape index (κ2) is 6.90. The number of nitrogens with zero attached hydrogens (tertiary/aromatic N) is 5. The summed E-state index contributed by atoms with van der Waals surface area (Å²) in [4.78, 5) is 16.7. The van der Waals surface area contributed by atoms with Crippen molar-refractivity contribution >= 4 is 11.9 Å². The van der Waals surface area contributed by atoms with Gasteiger partial charge in [0.2, 0.25) is 5.95 Å². The lowest BCUT2D eigenvalue weighted by Crippen LogP contribution is -2.49. The Labute approximate surface area is 141 Å². The van der Waals surface area contributed by atoms with Crippen LogP contribution in [0.4, 0.5) is 5.95 Å². The molecule has 1 aromatic carbocycles. The van der Waals surface area contributed by atoms with E-state index in [4.69, 9.17) is 4.74 Å². The van der Waals surface area contributed by atoms with Crippen LogP contribution in [0.3, 0.4) is 0 Å². The standard InChI is InChI=1S/C17H23N5O2/c1-4-24-15-7-5-6-14(12-15)16(23)21-8-10-22(11-9-21)17-19-18-13(2)20(17)3/h5-7,12H,4,8-11H2,1-3H3. The van der Waals surface area contributed by atoms with E-state index in [0.29, 0.717) is 25.3 Å². The van der Waals surface area contributed by atoms with Gasteiger partial charge in [0.1, 0.15) is 11.6 Å². The molecule has 1 amide bonds. The summed E-state index contributed by atoms with van der Waals surface area (Å²) in [5.74, 6) is 2.52. The van der Waals surface area contributed by atoms with E-state index in [2.05, 4.69) is 15.1 Å². The van der Waals surface area contributed by atoms with Crippen LogP contribution >= 0.6 is 0 Å². The molecule has 1 aliphatic rings. The molecule has 0 aliphatic carbocycles. The zero-order valence-corrected chi connectivity index (χ0v) is 14.4. The van der Waals surface area contributed by atoms with E-state index >= 15 is 0 Å². The minimum absolute atomic E-state index is 0.0466. The molecule has 1 saturated heterocycles. The largest absolute Gasteiger partial charge is 0.494 e. The van der Waals surface area contributed by atoms with Gasteiger partial charge in [-0.15, -0.1) is 10.2 Å². The van der Waals surface area contributed by atoms with Crippen molar-refractivity contribution in [1.29, 1.82) is 0 Å². The number of amides is 1. The number of anilines is 1. The van der Waals surface area contributed by atoms with Crippen molar-refractivity contribution in [3.05, 3.63) is 35.7 Å². The van der Waals surface area contributed by atoms with Gasteiger partial charge in [0.05, 0.1) is 6.61 Å². The molecule has 2 heterocycles. The molecule has 0 bridgehead atoms. The van der Waals surface area contributed by atoms with Gasteiger partial charge in [0.25, 0.3) is 5.91 Å². The van der Waals surface area contributed by atoms with Crippen LogP contribution in [0.15, 0.2) is 24.3 Å². The van der Waals surface area contributed by atoms with Gasteiger partial charge in [-0.25, -0.2) is 0 Å². The third-order valence-corrected chi connectivity index (χ3v) is 4.31. The topological polar surface area (TPSA) is 63.5 Å². The Hall–Kier alpha value is -2.57. The number of benzene rings is 1. The molecule has 1 fully saturated rings. The van der Waals surface area contributed by atoms with Crippen LogP contribution < -0.4 is 9.64 Å². The number of rotatable bonds is 4. The van der Waals surface area contributed by atoms with E-state index in [1.165, 1.54) is 0 Å². The average molecular weight is 329 g/mol. The highest BCUT2D eigenvalue weighted by atomic mass is 16.5. The summed E-state index contributed by atoms with van der Waals surface area (Å²) in [7, 11) is 1.96. The molecule has 1 aromatic heterocycles. The van der Waals surface area contributed by atoms with Gasteiger partial charge in [-0.3, -0.25) is 4.79 Å². The second-order valence-corrected chi connectivity index (χ2v) is 5.85. The summed E-state index contributed by atoms with van der Waals surface area (Å²) in [6, 6.07) is 7.37. The van der Waals surface area contributed by atoms with Crippen molar-refractivity contribution in [3.8, 4) is 5.75 Å². The van der Waals surface area contributed by atoms with Crippen molar-refractivity contribution in [3.63, 3.8) is 0 Å². The van der Waals surface area contributed by atoms with Gasteiger partial charge in [0.15, 0.2) is 0 Å². The SMILES string of the molecule is CCOc1cccc(C(=O)N2CCN(c3nnc(C)n3C)CC2)c1. The highest BCUT2D eigenvalue weighted by Crippen LogP contribution is 2.18. The predicted octanol–water partition coefficient (Wildman–Crippen LogP) is 1.48. The third-order valence-electron chi connectivity index (χ3n) is 4.31. The van der Waals surface area contributed by atoms with E-state index in [1.807, 2.05) is 54.6 Å². The first-order chi connectivity index (χ1) is 11.6. The van der Waals surface area contributed by atoms with E-state index in [9.17, 15) is 4.79 Å². The molecule has 7 nitrogen and oxygen atoms in total. The molecule has 0 spiro atoms. The van der Waals surface area contributed by atoms with Gasteiger partial charge in [0, 0.05) is 38.8 Å². The monoisotopic (exact) mass is 329 g/mol. The molecule has 3 rings (SSSR count). The first-order valence-electron chi connectivity index (χ1n) is 8.23. The minimum Gasteiger partial charge on any atom is -0.494 e. The van der Waals surface area contributed by atoms with E-state index in [-0.39, 0.29) is 5.91 Å². The van der Waals surface area contributed by atoms with Crippen LogP contribution in [0.1, 0.15) is 23.1 Å². The Bertz CT molecular complexity index is 720. The number of carbonyl (C=O) groups is 1. The number of aryl methyl sites for hydroxylation is 1. The lowest BCUT2D eigenvalue weighted by atomic mass is 10.1. The Balaban J connectivity index is 1.65. The van der Waals surface area contributed by atoms with Crippen molar-refractivity contribution in [2.24, 2.45) is 7.05 Å². The van der Waals surface area contributed by atoms with Crippen molar-refractivity contribution in [2.75, 3.05) is 37.7 Å². The van der Waals surface area contributed by atoms with Crippen molar-refractivity contribution < 1.29 is 9.53 Å². The summed E-state index contributed by atoms with van der Waals surface area (Å²) < 4.78 is 7.45. The zero-order chi connectivity index (χ0) is 17.1.